The van der Waals surface area contributed by atoms with E-state index in [2.05, 4.69) is 6.58 Å². The van der Waals surface area contributed by atoms with E-state index in [1.807, 2.05) is 0 Å². The van der Waals surface area contributed by atoms with Crippen LogP contribution in [0.25, 0.3) is 0 Å². The van der Waals surface area contributed by atoms with Gasteiger partial charge >= 0.3 is 0 Å². The average Bonchev–Trinajstić information content (AvgIpc) is 1.86. The minimum absolute atomic E-state index is 0.00999. The Labute approximate surface area is 67.6 Å². The highest BCUT2D eigenvalue weighted by Crippen LogP contribution is 2.13. The molecule has 66 valence electrons. The van der Waals surface area contributed by atoms with Crippen LogP contribution in [-0.4, -0.2) is 23.6 Å². The molecule has 0 spiro atoms. The molecule has 11 heavy (non-hydrogen) atoms. The lowest BCUT2D eigenvalue weighted by Crippen LogP contribution is -2.32. The Balaban J connectivity index is 3.79. The fourth-order valence-electron chi connectivity index (χ4n) is 0.750. The molecule has 0 fully saturated rings. The molecule has 0 radical (unpaired) electrons. The maximum atomic E-state index is 8.66. The standard InChI is InChI=1S/C8H16O3/c1-5-10-8(3,4)11-7(2)6-9/h5,7,9H,1,6H2,2-4H3. The van der Waals surface area contributed by atoms with Crippen molar-refractivity contribution < 1.29 is 14.6 Å². The predicted octanol–water partition coefficient (Wildman–Crippen LogP) is 1.28. The Morgan fingerprint density at radius 1 is 1.64 bits per heavy atom. The molecule has 0 saturated carbocycles. The average molecular weight is 160 g/mol. The number of aliphatic hydroxyl groups is 1. The zero-order valence-corrected chi connectivity index (χ0v) is 7.33. The van der Waals surface area contributed by atoms with Gasteiger partial charge in [-0.2, -0.15) is 0 Å². The lowest BCUT2D eigenvalue weighted by molar-refractivity contribution is -0.211. The predicted molar refractivity (Wildman–Crippen MR) is 43.0 cm³/mol. The number of hydrogen-bond donors (Lipinski definition) is 1. The third-order valence-electron chi connectivity index (χ3n) is 1.11. The molecule has 3 heteroatoms. The van der Waals surface area contributed by atoms with Gasteiger partial charge in [-0.1, -0.05) is 6.58 Å². The lowest BCUT2D eigenvalue weighted by atomic mass is 10.3. The van der Waals surface area contributed by atoms with Crippen LogP contribution < -0.4 is 0 Å². The van der Waals surface area contributed by atoms with Crippen molar-refractivity contribution in [3.05, 3.63) is 12.8 Å². The first kappa shape index (κ1) is 10.5. The lowest BCUT2D eigenvalue weighted by Gasteiger charge is -2.27. The van der Waals surface area contributed by atoms with Crippen molar-refractivity contribution in [2.75, 3.05) is 6.61 Å². The Morgan fingerprint density at radius 3 is 2.55 bits per heavy atom. The van der Waals surface area contributed by atoms with Gasteiger partial charge in [0, 0.05) is 13.8 Å². The highest BCUT2D eigenvalue weighted by molar-refractivity contribution is 4.62. The van der Waals surface area contributed by atoms with Crippen LogP contribution >= 0.6 is 0 Å². The molecule has 1 N–H and O–H groups in total. The minimum atomic E-state index is -0.704. The van der Waals surface area contributed by atoms with Crippen LogP contribution in [0, 0.1) is 0 Å². The van der Waals surface area contributed by atoms with Gasteiger partial charge in [-0.05, 0) is 6.92 Å². The van der Waals surface area contributed by atoms with Crippen LogP contribution in [0.15, 0.2) is 12.8 Å². The summed E-state index contributed by atoms with van der Waals surface area (Å²) in [4.78, 5) is 0. The zero-order chi connectivity index (χ0) is 8.91. The second-order valence-corrected chi connectivity index (χ2v) is 2.80. The van der Waals surface area contributed by atoms with Gasteiger partial charge in [0.25, 0.3) is 0 Å². The van der Waals surface area contributed by atoms with E-state index in [0.29, 0.717) is 0 Å². The quantitative estimate of drug-likeness (QED) is 0.486. The number of rotatable bonds is 5. The first-order chi connectivity index (χ1) is 5.02. The summed E-state index contributed by atoms with van der Waals surface area (Å²) in [6.07, 6.45) is 1.11. The van der Waals surface area contributed by atoms with Crippen LogP contribution in [0.3, 0.4) is 0 Å². The van der Waals surface area contributed by atoms with Crippen molar-refractivity contribution in [1.29, 1.82) is 0 Å². The number of hydrogen-bond acceptors (Lipinski definition) is 3. The molecule has 0 aromatic heterocycles. The molecule has 0 rings (SSSR count). The van der Waals surface area contributed by atoms with Crippen molar-refractivity contribution in [1.82, 2.24) is 0 Å². The molecule has 0 saturated heterocycles. The van der Waals surface area contributed by atoms with E-state index >= 15 is 0 Å². The Hall–Kier alpha value is -0.540. The second-order valence-electron chi connectivity index (χ2n) is 2.80. The molecule has 0 aromatic carbocycles. The molecule has 0 aliphatic carbocycles. The van der Waals surface area contributed by atoms with E-state index in [1.165, 1.54) is 6.26 Å². The molecule has 3 nitrogen and oxygen atoms in total. The SMILES string of the molecule is C=COC(C)(C)OC(C)CO. The molecule has 0 aliphatic heterocycles. The van der Waals surface area contributed by atoms with E-state index in [-0.39, 0.29) is 12.7 Å². The molecule has 0 heterocycles. The Morgan fingerprint density at radius 2 is 2.18 bits per heavy atom. The van der Waals surface area contributed by atoms with Crippen molar-refractivity contribution in [2.45, 2.75) is 32.7 Å². The van der Waals surface area contributed by atoms with Crippen molar-refractivity contribution in [3.8, 4) is 0 Å². The van der Waals surface area contributed by atoms with Gasteiger partial charge in [0.1, 0.15) is 0 Å². The van der Waals surface area contributed by atoms with Gasteiger partial charge in [-0.25, -0.2) is 0 Å². The van der Waals surface area contributed by atoms with Crippen molar-refractivity contribution in [3.63, 3.8) is 0 Å². The van der Waals surface area contributed by atoms with E-state index in [4.69, 9.17) is 14.6 Å². The summed E-state index contributed by atoms with van der Waals surface area (Å²) in [5.41, 5.74) is 0. The summed E-state index contributed by atoms with van der Waals surface area (Å²) >= 11 is 0. The molecule has 1 unspecified atom stereocenters. The summed E-state index contributed by atoms with van der Waals surface area (Å²) in [6, 6.07) is 0. The van der Waals surface area contributed by atoms with Gasteiger partial charge in [0.2, 0.25) is 5.79 Å². The van der Waals surface area contributed by atoms with E-state index in [1.54, 1.807) is 20.8 Å². The Kier molecular flexibility index (Phi) is 4.15. The topological polar surface area (TPSA) is 38.7 Å². The number of aliphatic hydroxyl groups excluding tert-OH is 1. The third-order valence-corrected chi connectivity index (χ3v) is 1.11. The maximum absolute atomic E-state index is 8.66. The molecule has 1 atom stereocenters. The van der Waals surface area contributed by atoms with Gasteiger partial charge in [-0.15, -0.1) is 0 Å². The van der Waals surface area contributed by atoms with Gasteiger partial charge in [0.05, 0.1) is 19.0 Å². The number of ether oxygens (including phenoxy) is 2. The Bertz CT molecular complexity index is 121. The largest absolute Gasteiger partial charge is 0.471 e. The van der Waals surface area contributed by atoms with Crippen molar-refractivity contribution >= 4 is 0 Å². The van der Waals surface area contributed by atoms with Gasteiger partial charge in [-0.3, -0.25) is 0 Å². The molecular weight excluding hydrogens is 144 g/mol. The molecular formula is C8H16O3. The summed E-state index contributed by atoms with van der Waals surface area (Å²) < 4.78 is 10.3. The maximum Gasteiger partial charge on any atom is 0.204 e. The fraction of sp³-hybridized carbons (Fsp3) is 0.750. The second kappa shape index (κ2) is 4.36. The van der Waals surface area contributed by atoms with E-state index in [0.717, 1.165) is 0 Å². The first-order valence-corrected chi connectivity index (χ1v) is 3.59. The van der Waals surface area contributed by atoms with Crippen LogP contribution in [0.2, 0.25) is 0 Å². The molecule has 0 aliphatic rings. The van der Waals surface area contributed by atoms with Crippen LogP contribution in [0.4, 0.5) is 0 Å². The minimum Gasteiger partial charge on any atom is -0.471 e. The van der Waals surface area contributed by atoms with Gasteiger partial charge in [0.15, 0.2) is 0 Å². The summed E-state index contributed by atoms with van der Waals surface area (Å²) in [5, 5.41) is 8.66. The molecule has 0 aromatic rings. The fourth-order valence-corrected chi connectivity index (χ4v) is 0.750. The molecule has 0 bridgehead atoms. The summed E-state index contributed by atoms with van der Waals surface area (Å²) in [5.74, 6) is -0.704. The normalized spacial score (nSPS) is 14.2. The zero-order valence-electron chi connectivity index (χ0n) is 7.33. The van der Waals surface area contributed by atoms with Crippen LogP contribution in [0.1, 0.15) is 20.8 Å². The smallest absolute Gasteiger partial charge is 0.204 e. The van der Waals surface area contributed by atoms with Gasteiger partial charge < -0.3 is 14.6 Å². The monoisotopic (exact) mass is 160 g/mol. The van der Waals surface area contributed by atoms with Crippen LogP contribution in [0.5, 0.6) is 0 Å². The summed E-state index contributed by atoms with van der Waals surface area (Å²) in [7, 11) is 0. The van der Waals surface area contributed by atoms with E-state index < -0.39 is 5.79 Å². The highest BCUT2D eigenvalue weighted by Gasteiger charge is 2.20. The first-order valence-electron chi connectivity index (χ1n) is 3.59. The van der Waals surface area contributed by atoms with Crippen LogP contribution in [-0.2, 0) is 9.47 Å². The summed E-state index contributed by atoms with van der Waals surface area (Å²) in [6.45, 7) is 8.71. The molecule has 0 amide bonds. The third kappa shape index (κ3) is 4.81. The van der Waals surface area contributed by atoms with Crippen molar-refractivity contribution in [2.24, 2.45) is 0 Å². The van der Waals surface area contributed by atoms with E-state index in [9.17, 15) is 0 Å². The highest BCUT2D eigenvalue weighted by atomic mass is 16.7.